The van der Waals surface area contributed by atoms with Gasteiger partial charge in [-0.15, -0.1) is 0 Å². The number of carbonyl (C=O) groups is 2. The van der Waals surface area contributed by atoms with Gasteiger partial charge in [0, 0.05) is 33.2 Å². The Morgan fingerprint density at radius 3 is 2.22 bits per heavy atom. The van der Waals surface area contributed by atoms with Crippen LogP contribution in [-0.4, -0.2) is 54.9 Å². The van der Waals surface area contributed by atoms with Gasteiger partial charge in [0.15, 0.2) is 0 Å². The molecule has 2 amide bonds. The largest absolute Gasteiger partial charge is 0.480 e. The van der Waals surface area contributed by atoms with Crippen molar-refractivity contribution in [2.24, 2.45) is 0 Å². The van der Waals surface area contributed by atoms with Crippen LogP contribution in [-0.2, 0) is 9.53 Å². The van der Waals surface area contributed by atoms with Gasteiger partial charge in [0.2, 0.25) is 0 Å². The van der Waals surface area contributed by atoms with Crippen molar-refractivity contribution in [3.8, 4) is 0 Å². The molecule has 0 heterocycles. The number of hydrogen-bond donors (Lipinski definition) is 2. The van der Waals surface area contributed by atoms with E-state index in [0.29, 0.717) is 19.7 Å². The Hall–Kier alpha value is -1.30. The molecule has 6 heteroatoms. The van der Waals surface area contributed by atoms with Crippen LogP contribution in [0, 0.1) is 0 Å². The first-order valence-corrected chi connectivity index (χ1v) is 6.33. The average Bonchev–Trinajstić information content (AvgIpc) is 2.33. The molecule has 0 aliphatic heterocycles. The molecule has 6 nitrogen and oxygen atoms in total. The Bertz CT molecular complexity index is 252. The molecule has 0 aromatic carbocycles. The van der Waals surface area contributed by atoms with Gasteiger partial charge in [0.05, 0.1) is 0 Å². The van der Waals surface area contributed by atoms with E-state index in [1.54, 1.807) is 4.90 Å². The minimum absolute atomic E-state index is 0.268. The van der Waals surface area contributed by atoms with Gasteiger partial charge in [-0.3, -0.25) is 0 Å². The molecule has 1 atom stereocenters. The van der Waals surface area contributed by atoms with E-state index < -0.39 is 12.0 Å². The molecular weight excluding hydrogens is 236 g/mol. The summed E-state index contributed by atoms with van der Waals surface area (Å²) >= 11 is 0. The van der Waals surface area contributed by atoms with Crippen LogP contribution in [0.25, 0.3) is 0 Å². The second-order valence-corrected chi connectivity index (χ2v) is 4.11. The molecule has 0 saturated carbocycles. The van der Waals surface area contributed by atoms with E-state index in [-0.39, 0.29) is 12.5 Å². The zero-order chi connectivity index (χ0) is 14.0. The van der Waals surface area contributed by atoms with Crippen molar-refractivity contribution in [3.63, 3.8) is 0 Å². The molecule has 0 radical (unpaired) electrons. The summed E-state index contributed by atoms with van der Waals surface area (Å²) in [6, 6.07) is -1.21. The molecule has 0 spiro atoms. The van der Waals surface area contributed by atoms with Crippen molar-refractivity contribution in [1.29, 1.82) is 0 Å². The number of amides is 2. The van der Waals surface area contributed by atoms with Crippen molar-refractivity contribution < 1.29 is 19.4 Å². The lowest BCUT2D eigenvalue weighted by atomic mass is 10.2. The number of nitrogens with zero attached hydrogens (tertiary/aromatic N) is 1. The maximum Gasteiger partial charge on any atom is 0.326 e. The van der Waals surface area contributed by atoms with Crippen molar-refractivity contribution in [2.45, 2.75) is 39.2 Å². The Morgan fingerprint density at radius 1 is 1.28 bits per heavy atom. The van der Waals surface area contributed by atoms with Crippen LogP contribution in [0.15, 0.2) is 0 Å². The molecule has 18 heavy (non-hydrogen) atoms. The summed E-state index contributed by atoms with van der Waals surface area (Å²) in [6.07, 6.45) is 1.97. The van der Waals surface area contributed by atoms with Crippen LogP contribution < -0.4 is 5.32 Å². The number of rotatable bonds is 9. The summed E-state index contributed by atoms with van der Waals surface area (Å²) in [6.45, 7) is 5.54. The summed E-state index contributed by atoms with van der Waals surface area (Å²) in [5, 5.41) is 11.5. The maximum absolute atomic E-state index is 11.9. The SMILES string of the molecule is CCCN(CCC)C(=O)NC(CCOC)C(=O)O. The highest BCUT2D eigenvalue weighted by molar-refractivity contribution is 5.82. The molecule has 0 aromatic rings. The number of ether oxygens (including phenoxy) is 1. The zero-order valence-electron chi connectivity index (χ0n) is 11.4. The summed E-state index contributed by atoms with van der Waals surface area (Å²) in [5.41, 5.74) is 0. The fraction of sp³-hybridized carbons (Fsp3) is 0.833. The maximum atomic E-state index is 11.9. The third-order valence-electron chi connectivity index (χ3n) is 2.48. The first-order chi connectivity index (χ1) is 8.56. The van der Waals surface area contributed by atoms with Crippen molar-refractivity contribution in [1.82, 2.24) is 10.2 Å². The summed E-state index contributed by atoms with van der Waals surface area (Å²) in [7, 11) is 1.50. The molecule has 0 aromatic heterocycles. The Balaban J connectivity index is 4.39. The number of methoxy groups -OCH3 is 1. The normalized spacial score (nSPS) is 11.9. The second-order valence-electron chi connectivity index (χ2n) is 4.11. The van der Waals surface area contributed by atoms with Gasteiger partial charge in [-0.25, -0.2) is 9.59 Å². The van der Waals surface area contributed by atoms with Gasteiger partial charge in [0.25, 0.3) is 0 Å². The van der Waals surface area contributed by atoms with Gasteiger partial charge in [-0.2, -0.15) is 0 Å². The molecule has 0 bridgehead atoms. The molecule has 0 saturated heterocycles. The molecule has 0 fully saturated rings. The quantitative estimate of drug-likeness (QED) is 0.655. The van der Waals surface area contributed by atoms with Gasteiger partial charge in [-0.05, 0) is 12.8 Å². The Kier molecular flexibility index (Phi) is 9.00. The molecule has 2 N–H and O–H groups in total. The Labute approximate surface area is 108 Å². The van der Waals surface area contributed by atoms with E-state index in [0.717, 1.165) is 12.8 Å². The number of hydrogen-bond acceptors (Lipinski definition) is 3. The van der Waals surface area contributed by atoms with E-state index >= 15 is 0 Å². The number of carboxylic acid groups (broad SMARTS) is 1. The van der Waals surface area contributed by atoms with E-state index in [1.807, 2.05) is 13.8 Å². The highest BCUT2D eigenvalue weighted by Crippen LogP contribution is 1.99. The third kappa shape index (κ3) is 6.44. The van der Waals surface area contributed by atoms with E-state index in [1.165, 1.54) is 7.11 Å². The van der Waals surface area contributed by atoms with E-state index in [4.69, 9.17) is 9.84 Å². The molecular formula is C12H24N2O4. The van der Waals surface area contributed by atoms with Crippen LogP contribution >= 0.6 is 0 Å². The average molecular weight is 260 g/mol. The zero-order valence-corrected chi connectivity index (χ0v) is 11.4. The lowest BCUT2D eigenvalue weighted by Crippen LogP contribution is -2.48. The summed E-state index contributed by atoms with van der Waals surface area (Å²) < 4.78 is 4.83. The van der Waals surface area contributed by atoms with Gasteiger partial charge in [0.1, 0.15) is 6.04 Å². The summed E-state index contributed by atoms with van der Waals surface area (Å²) in [5.74, 6) is -1.03. The smallest absolute Gasteiger partial charge is 0.326 e. The predicted octanol–water partition coefficient (Wildman–Crippen LogP) is 1.31. The summed E-state index contributed by atoms with van der Waals surface area (Å²) in [4.78, 5) is 24.5. The van der Waals surface area contributed by atoms with Crippen LogP contribution in [0.5, 0.6) is 0 Å². The minimum atomic E-state index is -1.03. The van der Waals surface area contributed by atoms with Crippen molar-refractivity contribution in [2.75, 3.05) is 26.8 Å². The second kappa shape index (κ2) is 9.70. The highest BCUT2D eigenvalue weighted by Gasteiger charge is 2.22. The van der Waals surface area contributed by atoms with Crippen LogP contribution in [0.4, 0.5) is 4.79 Å². The van der Waals surface area contributed by atoms with Crippen LogP contribution in [0.3, 0.4) is 0 Å². The molecule has 0 rings (SSSR count). The molecule has 0 aliphatic carbocycles. The standard InChI is InChI=1S/C12H24N2O4/c1-4-7-14(8-5-2)12(17)13-10(11(15)16)6-9-18-3/h10H,4-9H2,1-3H3,(H,13,17)(H,15,16). The first kappa shape index (κ1) is 16.7. The predicted molar refractivity (Wildman–Crippen MR) is 68.6 cm³/mol. The first-order valence-electron chi connectivity index (χ1n) is 6.33. The topological polar surface area (TPSA) is 78.9 Å². The van der Waals surface area contributed by atoms with E-state index in [9.17, 15) is 9.59 Å². The lowest BCUT2D eigenvalue weighted by molar-refractivity contribution is -0.139. The Morgan fingerprint density at radius 2 is 1.83 bits per heavy atom. The van der Waals surface area contributed by atoms with Crippen molar-refractivity contribution >= 4 is 12.0 Å². The fourth-order valence-corrected chi connectivity index (χ4v) is 1.59. The molecule has 1 unspecified atom stereocenters. The fourth-order valence-electron chi connectivity index (χ4n) is 1.59. The highest BCUT2D eigenvalue weighted by atomic mass is 16.5. The number of carbonyl (C=O) groups excluding carboxylic acids is 1. The van der Waals surface area contributed by atoms with Crippen LogP contribution in [0.1, 0.15) is 33.1 Å². The molecule has 0 aliphatic rings. The van der Waals surface area contributed by atoms with Crippen LogP contribution in [0.2, 0.25) is 0 Å². The van der Waals surface area contributed by atoms with E-state index in [2.05, 4.69) is 5.32 Å². The monoisotopic (exact) mass is 260 g/mol. The number of urea groups is 1. The lowest BCUT2D eigenvalue weighted by Gasteiger charge is -2.24. The van der Waals surface area contributed by atoms with Gasteiger partial charge in [-0.1, -0.05) is 13.8 Å². The molecule has 106 valence electrons. The third-order valence-corrected chi connectivity index (χ3v) is 2.48. The van der Waals surface area contributed by atoms with Crippen molar-refractivity contribution in [3.05, 3.63) is 0 Å². The minimum Gasteiger partial charge on any atom is -0.480 e. The number of carboxylic acids is 1. The number of nitrogens with one attached hydrogen (secondary N) is 1. The van der Waals surface area contributed by atoms with Gasteiger partial charge < -0.3 is 20.1 Å². The van der Waals surface area contributed by atoms with Gasteiger partial charge >= 0.3 is 12.0 Å². The number of aliphatic carboxylic acids is 1.